The summed E-state index contributed by atoms with van der Waals surface area (Å²) in [5, 5.41) is 18.6. The second-order valence-electron chi connectivity index (χ2n) is 6.38. The Kier molecular flexibility index (Phi) is 13.6. The Balaban J connectivity index is 4.50. The van der Waals surface area contributed by atoms with Gasteiger partial charge < -0.3 is 15.0 Å². The third-order valence-corrected chi connectivity index (χ3v) is 4.09. The highest BCUT2D eigenvalue weighted by atomic mass is 16.4. The van der Waals surface area contributed by atoms with Crippen LogP contribution in [0.3, 0.4) is 0 Å². The molecule has 2 N–H and O–H groups in total. The van der Waals surface area contributed by atoms with Gasteiger partial charge in [0, 0.05) is 18.3 Å². The van der Waals surface area contributed by atoms with E-state index in [0.717, 1.165) is 12.8 Å². The monoisotopic (exact) mass is 352 g/mol. The highest BCUT2D eigenvalue weighted by Crippen LogP contribution is 2.20. The number of unbranched alkanes of at least 4 members (excludes halogenated alkanes) is 3. The van der Waals surface area contributed by atoms with Gasteiger partial charge in [-0.25, -0.2) is 0 Å². The summed E-state index contributed by atoms with van der Waals surface area (Å²) >= 11 is 0. The maximum Gasteiger partial charge on any atom is 0.303 e. The number of ketones is 1. The van der Waals surface area contributed by atoms with Crippen molar-refractivity contribution in [3.8, 4) is 0 Å². The highest BCUT2D eigenvalue weighted by Gasteiger charge is 2.23. The Bertz CT molecular complexity index is 453. The van der Waals surface area contributed by atoms with Gasteiger partial charge in [0.25, 0.3) is 0 Å². The van der Waals surface area contributed by atoms with Gasteiger partial charge in [-0.2, -0.15) is 0 Å². The fraction of sp³-hybridized carbons (Fsp3) is 0.650. The highest BCUT2D eigenvalue weighted by molar-refractivity contribution is 5.83. The molecule has 0 aromatic heterocycles. The number of carboxylic acid groups (broad SMARTS) is 1. The van der Waals surface area contributed by atoms with E-state index < -0.39 is 23.9 Å². The lowest BCUT2D eigenvalue weighted by atomic mass is 9.85. The normalized spacial score (nSPS) is 15.3. The summed E-state index contributed by atoms with van der Waals surface area (Å²) in [5.41, 5.74) is 0. The standard InChI is InChI=1S/C20H32O5/c1-3-4-5-6-7-8-11-18(23)13-14-19(16(2)22)17(15-21)10-9-12-20(24)25/h7-8,13-15,17-19,23H,3-6,9-12H2,1-2H3,(H,24,25)/b8-7-,14-13+/t17-,18-,19+/m0/s1. The minimum absolute atomic E-state index is 0.0237. The Morgan fingerprint density at radius 1 is 1.08 bits per heavy atom. The van der Waals surface area contributed by atoms with Gasteiger partial charge >= 0.3 is 5.97 Å². The molecule has 0 aromatic carbocycles. The minimum Gasteiger partial charge on any atom is -0.481 e. The van der Waals surface area contributed by atoms with Crippen molar-refractivity contribution in [1.29, 1.82) is 0 Å². The van der Waals surface area contributed by atoms with Gasteiger partial charge in [-0.15, -0.1) is 0 Å². The van der Waals surface area contributed by atoms with Crippen molar-refractivity contribution in [3.63, 3.8) is 0 Å². The number of hydrogen-bond donors (Lipinski definition) is 2. The fourth-order valence-corrected chi connectivity index (χ4v) is 2.59. The van der Waals surface area contributed by atoms with Gasteiger partial charge in [-0.3, -0.25) is 9.59 Å². The third kappa shape index (κ3) is 12.3. The van der Waals surface area contributed by atoms with Crippen molar-refractivity contribution < 1.29 is 24.6 Å². The largest absolute Gasteiger partial charge is 0.481 e. The van der Waals surface area contributed by atoms with Gasteiger partial charge in [0.15, 0.2) is 0 Å². The number of hydrogen-bond acceptors (Lipinski definition) is 4. The number of aliphatic carboxylic acids is 1. The molecule has 0 aromatic rings. The first kappa shape index (κ1) is 23.2. The van der Waals surface area contributed by atoms with Crippen molar-refractivity contribution in [2.45, 2.75) is 71.3 Å². The summed E-state index contributed by atoms with van der Waals surface area (Å²) in [6, 6.07) is 0. The van der Waals surface area contributed by atoms with Crippen molar-refractivity contribution in [2.24, 2.45) is 11.8 Å². The van der Waals surface area contributed by atoms with Crippen molar-refractivity contribution >= 4 is 18.0 Å². The van der Waals surface area contributed by atoms with Crippen molar-refractivity contribution in [1.82, 2.24) is 0 Å². The molecule has 0 radical (unpaired) electrons. The van der Waals surface area contributed by atoms with Crippen molar-refractivity contribution in [2.75, 3.05) is 0 Å². The summed E-state index contributed by atoms with van der Waals surface area (Å²) in [7, 11) is 0. The molecule has 0 heterocycles. The topological polar surface area (TPSA) is 91.7 Å². The number of aliphatic hydroxyl groups excluding tert-OH is 1. The zero-order valence-electron chi connectivity index (χ0n) is 15.4. The number of aldehydes is 1. The zero-order valence-corrected chi connectivity index (χ0v) is 15.4. The summed E-state index contributed by atoms with van der Waals surface area (Å²) in [4.78, 5) is 33.6. The Morgan fingerprint density at radius 3 is 2.36 bits per heavy atom. The molecule has 0 aliphatic carbocycles. The van der Waals surface area contributed by atoms with E-state index in [1.807, 2.05) is 6.08 Å². The number of aliphatic hydroxyl groups is 1. The van der Waals surface area contributed by atoms with Crippen molar-refractivity contribution in [3.05, 3.63) is 24.3 Å². The van der Waals surface area contributed by atoms with Gasteiger partial charge in [0.05, 0.1) is 6.10 Å². The molecule has 0 saturated heterocycles. The van der Waals surface area contributed by atoms with Crippen LogP contribution in [-0.4, -0.2) is 34.4 Å². The van der Waals surface area contributed by atoms with Crippen LogP contribution in [0.15, 0.2) is 24.3 Å². The zero-order chi connectivity index (χ0) is 19.1. The maximum absolute atomic E-state index is 11.8. The molecule has 0 rings (SSSR count). The average Bonchev–Trinajstić information content (AvgIpc) is 2.55. The molecule has 0 aliphatic heterocycles. The van der Waals surface area contributed by atoms with E-state index in [2.05, 4.69) is 13.0 Å². The molecule has 5 heteroatoms. The van der Waals surface area contributed by atoms with E-state index in [9.17, 15) is 19.5 Å². The average molecular weight is 352 g/mol. The third-order valence-electron chi connectivity index (χ3n) is 4.09. The number of Topliss-reactive ketones (excluding diaryl/α,β-unsaturated/α-hetero) is 1. The number of carboxylic acids is 1. The molecule has 0 bridgehead atoms. The predicted molar refractivity (Wildman–Crippen MR) is 98.3 cm³/mol. The van der Waals surface area contributed by atoms with E-state index in [1.165, 1.54) is 19.8 Å². The molecule has 3 atom stereocenters. The molecule has 0 spiro atoms. The maximum atomic E-state index is 11.8. The van der Waals surface area contributed by atoms with Gasteiger partial charge in [-0.1, -0.05) is 44.1 Å². The Hall–Kier alpha value is -1.75. The van der Waals surface area contributed by atoms with Crippen LogP contribution in [0.1, 0.15) is 65.2 Å². The SMILES string of the molecule is CCCCC/C=C\C[C@H](O)/C=C/[C@H](C(C)=O)[C@H](C=O)CCCC(=O)O. The second-order valence-corrected chi connectivity index (χ2v) is 6.38. The molecule has 5 nitrogen and oxygen atoms in total. The summed E-state index contributed by atoms with van der Waals surface area (Å²) in [6.07, 6.45) is 12.8. The van der Waals surface area contributed by atoms with Crippen LogP contribution < -0.4 is 0 Å². The predicted octanol–water partition coefficient (Wildman–Crippen LogP) is 3.71. The quantitative estimate of drug-likeness (QED) is 0.266. The van der Waals surface area contributed by atoms with Crippen LogP contribution in [-0.2, 0) is 14.4 Å². The Labute approximate surface area is 150 Å². The lowest BCUT2D eigenvalue weighted by Gasteiger charge is -2.17. The minimum atomic E-state index is -0.916. The number of allylic oxidation sites excluding steroid dienone is 2. The van der Waals surface area contributed by atoms with E-state index in [1.54, 1.807) is 12.2 Å². The van der Waals surface area contributed by atoms with Gasteiger partial charge in [-0.05, 0) is 39.0 Å². The van der Waals surface area contributed by atoms with E-state index in [-0.39, 0.29) is 12.2 Å². The van der Waals surface area contributed by atoms with Crippen LogP contribution in [0.5, 0.6) is 0 Å². The molecule has 0 unspecified atom stereocenters. The summed E-state index contributed by atoms with van der Waals surface area (Å²) in [5.74, 6) is -2.24. The van der Waals surface area contributed by atoms with Gasteiger partial charge in [0.1, 0.15) is 12.1 Å². The summed E-state index contributed by atoms with van der Waals surface area (Å²) < 4.78 is 0. The number of carbonyl (C=O) groups is 3. The Morgan fingerprint density at radius 2 is 1.80 bits per heavy atom. The van der Waals surface area contributed by atoms with Crippen LogP contribution in [0.2, 0.25) is 0 Å². The first-order valence-electron chi connectivity index (χ1n) is 9.11. The molecule has 25 heavy (non-hydrogen) atoms. The lowest BCUT2D eigenvalue weighted by Crippen LogP contribution is -2.22. The molecule has 0 aliphatic rings. The van der Waals surface area contributed by atoms with E-state index in [4.69, 9.17) is 5.11 Å². The molecule has 0 fully saturated rings. The summed E-state index contributed by atoms with van der Waals surface area (Å²) in [6.45, 7) is 3.56. The van der Waals surface area contributed by atoms with Gasteiger partial charge in [0.2, 0.25) is 0 Å². The second kappa shape index (κ2) is 14.6. The van der Waals surface area contributed by atoms with Crippen LogP contribution in [0.4, 0.5) is 0 Å². The molecular formula is C20H32O5. The van der Waals surface area contributed by atoms with Crippen LogP contribution in [0.25, 0.3) is 0 Å². The van der Waals surface area contributed by atoms with E-state index in [0.29, 0.717) is 25.5 Å². The fourth-order valence-electron chi connectivity index (χ4n) is 2.59. The molecule has 142 valence electrons. The first-order valence-corrected chi connectivity index (χ1v) is 9.11. The smallest absolute Gasteiger partial charge is 0.303 e. The molecule has 0 saturated carbocycles. The molecule has 0 amide bonds. The number of rotatable bonds is 15. The van der Waals surface area contributed by atoms with Crippen LogP contribution >= 0.6 is 0 Å². The van der Waals surface area contributed by atoms with E-state index >= 15 is 0 Å². The number of carbonyl (C=O) groups excluding carboxylic acids is 2. The first-order chi connectivity index (χ1) is 11.9. The lowest BCUT2D eigenvalue weighted by molar-refractivity contribution is -0.137. The van der Waals surface area contributed by atoms with Crippen LogP contribution in [0, 0.1) is 11.8 Å². The molecular weight excluding hydrogens is 320 g/mol.